The number of rotatable bonds is 6. The van der Waals surface area contributed by atoms with Gasteiger partial charge in [0.2, 0.25) is 11.8 Å². The molecule has 2 aromatic carbocycles. The zero-order valence-electron chi connectivity index (χ0n) is 16.3. The van der Waals surface area contributed by atoms with Crippen molar-refractivity contribution in [2.75, 3.05) is 38.3 Å². The third-order valence-electron chi connectivity index (χ3n) is 5.18. The van der Waals surface area contributed by atoms with Crippen LogP contribution in [0.15, 0.2) is 42.5 Å². The average Bonchev–Trinajstić information content (AvgIpc) is 3.15. The van der Waals surface area contributed by atoms with Gasteiger partial charge in [-0.05, 0) is 36.2 Å². The summed E-state index contributed by atoms with van der Waals surface area (Å²) in [5.41, 5.74) is 1.82. The van der Waals surface area contributed by atoms with Crippen LogP contribution in [0.1, 0.15) is 12.0 Å². The van der Waals surface area contributed by atoms with E-state index in [9.17, 15) is 9.59 Å². The van der Waals surface area contributed by atoms with Gasteiger partial charge in [-0.25, -0.2) is 0 Å². The highest BCUT2D eigenvalue weighted by atomic mass is 16.6. The molecule has 1 fully saturated rings. The first-order valence-corrected chi connectivity index (χ1v) is 9.74. The average molecular weight is 396 g/mol. The van der Waals surface area contributed by atoms with E-state index in [-0.39, 0.29) is 24.2 Å². The normalized spacial score (nSPS) is 17.9. The van der Waals surface area contributed by atoms with Gasteiger partial charge in [0.15, 0.2) is 11.5 Å². The summed E-state index contributed by atoms with van der Waals surface area (Å²) < 4.78 is 16.3. The first-order chi connectivity index (χ1) is 14.1. The van der Waals surface area contributed by atoms with Gasteiger partial charge in [0.05, 0.1) is 13.0 Å². The Balaban J connectivity index is 1.33. The van der Waals surface area contributed by atoms with Crippen molar-refractivity contribution in [1.29, 1.82) is 0 Å². The number of carbonyl (C=O) groups is 2. The Bertz CT molecular complexity index is 914. The fraction of sp³-hybridized carbons (Fsp3) is 0.364. The van der Waals surface area contributed by atoms with E-state index < -0.39 is 0 Å². The monoisotopic (exact) mass is 396 g/mol. The molecule has 0 saturated carbocycles. The third kappa shape index (κ3) is 4.29. The van der Waals surface area contributed by atoms with E-state index >= 15 is 0 Å². The summed E-state index contributed by atoms with van der Waals surface area (Å²) in [6, 6.07) is 13.2. The van der Waals surface area contributed by atoms with Crippen LogP contribution in [0.3, 0.4) is 0 Å². The predicted molar refractivity (Wildman–Crippen MR) is 108 cm³/mol. The minimum Gasteiger partial charge on any atom is -0.497 e. The number of nitrogens with one attached hydrogen (secondary N) is 1. The maximum absolute atomic E-state index is 12.6. The Morgan fingerprint density at radius 1 is 1.17 bits per heavy atom. The Kier molecular flexibility index (Phi) is 5.55. The molecule has 1 N–H and O–H groups in total. The van der Waals surface area contributed by atoms with Crippen molar-refractivity contribution >= 4 is 17.5 Å². The highest BCUT2D eigenvalue weighted by molar-refractivity contribution is 6.00. The van der Waals surface area contributed by atoms with Crippen LogP contribution in [0.25, 0.3) is 0 Å². The molecule has 2 aliphatic rings. The smallest absolute Gasteiger partial charge is 0.227 e. The quantitative estimate of drug-likeness (QED) is 0.810. The second-order valence-corrected chi connectivity index (χ2v) is 7.13. The summed E-state index contributed by atoms with van der Waals surface area (Å²) in [6.45, 7) is 1.89. The molecule has 0 aliphatic carbocycles. The molecule has 1 saturated heterocycles. The molecule has 2 aliphatic heterocycles. The van der Waals surface area contributed by atoms with Gasteiger partial charge in [-0.1, -0.05) is 12.1 Å². The van der Waals surface area contributed by atoms with Gasteiger partial charge in [0, 0.05) is 31.3 Å². The molecule has 0 spiro atoms. The number of fused-ring (bicyclic) bond motifs is 1. The molecule has 1 atom stereocenters. The Labute approximate surface area is 169 Å². The van der Waals surface area contributed by atoms with Gasteiger partial charge in [-0.2, -0.15) is 0 Å². The molecule has 0 aromatic heterocycles. The fourth-order valence-electron chi connectivity index (χ4n) is 3.64. The van der Waals surface area contributed by atoms with Crippen LogP contribution < -0.4 is 24.4 Å². The van der Waals surface area contributed by atoms with Crippen molar-refractivity contribution in [2.24, 2.45) is 5.92 Å². The van der Waals surface area contributed by atoms with Crippen molar-refractivity contribution in [3.05, 3.63) is 48.0 Å². The molecule has 0 bridgehead atoms. The lowest BCUT2D eigenvalue weighted by atomic mass is 10.1. The number of nitrogens with zero attached hydrogens (tertiary/aromatic N) is 1. The molecule has 7 nitrogen and oxygen atoms in total. The van der Waals surface area contributed by atoms with E-state index in [1.54, 1.807) is 24.1 Å². The minimum atomic E-state index is -0.360. The molecule has 7 heteroatoms. The predicted octanol–water partition coefficient (Wildman–Crippen LogP) is 2.18. The third-order valence-corrected chi connectivity index (χ3v) is 5.18. The lowest BCUT2D eigenvalue weighted by Gasteiger charge is -2.22. The Morgan fingerprint density at radius 2 is 2.00 bits per heavy atom. The van der Waals surface area contributed by atoms with Crippen LogP contribution in [0.4, 0.5) is 5.69 Å². The lowest BCUT2D eigenvalue weighted by Crippen LogP contribution is -2.34. The van der Waals surface area contributed by atoms with Gasteiger partial charge in [0.25, 0.3) is 0 Å². The summed E-state index contributed by atoms with van der Waals surface area (Å²) in [7, 11) is 1.63. The molecular formula is C22H24N2O5. The molecule has 1 unspecified atom stereocenters. The van der Waals surface area contributed by atoms with Crippen LogP contribution in [0, 0.1) is 5.92 Å². The molecule has 0 radical (unpaired) electrons. The first-order valence-electron chi connectivity index (χ1n) is 9.74. The number of methoxy groups -OCH3 is 1. The van der Waals surface area contributed by atoms with Gasteiger partial charge in [0.1, 0.15) is 19.0 Å². The molecule has 2 aromatic rings. The largest absolute Gasteiger partial charge is 0.497 e. The lowest BCUT2D eigenvalue weighted by molar-refractivity contribution is -0.126. The first kappa shape index (κ1) is 19.1. The Morgan fingerprint density at radius 3 is 2.83 bits per heavy atom. The highest BCUT2D eigenvalue weighted by Crippen LogP contribution is 2.35. The standard InChI is InChI=1S/C22H24N2O5/c1-27-18-4-2-3-15(11-18)7-8-23-22(26)16-12-21(25)24(14-16)17-5-6-19-20(13-17)29-10-9-28-19/h2-6,11,13,16H,7-10,12,14H2,1H3,(H,23,26). The summed E-state index contributed by atoms with van der Waals surface area (Å²) >= 11 is 0. The summed E-state index contributed by atoms with van der Waals surface area (Å²) in [6.07, 6.45) is 0.912. The van der Waals surface area contributed by atoms with Crippen LogP contribution in [-0.4, -0.2) is 45.2 Å². The van der Waals surface area contributed by atoms with Crippen LogP contribution in [-0.2, 0) is 16.0 Å². The topological polar surface area (TPSA) is 77.1 Å². The fourth-order valence-corrected chi connectivity index (χ4v) is 3.64. The number of anilines is 1. The number of amides is 2. The van der Waals surface area contributed by atoms with E-state index in [4.69, 9.17) is 14.2 Å². The van der Waals surface area contributed by atoms with E-state index in [1.807, 2.05) is 30.3 Å². The second kappa shape index (κ2) is 8.43. The number of ether oxygens (including phenoxy) is 3. The number of benzene rings is 2. The maximum atomic E-state index is 12.6. The van der Waals surface area contributed by atoms with Crippen molar-refractivity contribution in [1.82, 2.24) is 5.32 Å². The molecule has 2 amide bonds. The summed E-state index contributed by atoms with van der Waals surface area (Å²) in [5, 5.41) is 2.95. The highest BCUT2D eigenvalue weighted by Gasteiger charge is 2.35. The number of carbonyl (C=O) groups excluding carboxylic acids is 2. The number of hydrogen-bond donors (Lipinski definition) is 1. The van der Waals surface area contributed by atoms with Crippen LogP contribution in [0.5, 0.6) is 17.2 Å². The molecule has 4 rings (SSSR count). The second-order valence-electron chi connectivity index (χ2n) is 7.13. The van der Waals surface area contributed by atoms with Gasteiger partial charge in [-0.3, -0.25) is 9.59 Å². The van der Waals surface area contributed by atoms with Crippen LogP contribution in [0.2, 0.25) is 0 Å². The molecule has 2 heterocycles. The minimum absolute atomic E-state index is 0.0605. The van der Waals surface area contributed by atoms with E-state index in [0.29, 0.717) is 44.2 Å². The van der Waals surface area contributed by atoms with Crippen LogP contribution >= 0.6 is 0 Å². The van der Waals surface area contributed by atoms with Crippen molar-refractivity contribution in [3.8, 4) is 17.2 Å². The summed E-state index contributed by atoms with van der Waals surface area (Å²) in [5.74, 6) is 1.59. The zero-order valence-corrected chi connectivity index (χ0v) is 16.3. The van der Waals surface area contributed by atoms with E-state index in [0.717, 1.165) is 17.0 Å². The zero-order chi connectivity index (χ0) is 20.2. The molecule has 152 valence electrons. The Hall–Kier alpha value is -3.22. The number of hydrogen-bond acceptors (Lipinski definition) is 5. The van der Waals surface area contributed by atoms with Crippen molar-refractivity contribution in [2.45, 2.75) is 12.8 Å². The van der Waals surface area contributed by atoms with Gasteiger partial charge < -0.3 is 24.4 Å². The van der Waals surface area contributed by atoms with Gasteiger partial charge in [-0.15, -0.1) is 0 Å². The maximum Gasteiger partial charge on any atom is 0.227 e. The van der Waals surface area contributed by atoms with Crippen molar-refractivity contribution < 1.29 is 23.8 Å². The summed E-state index contributed by atoms with van der Waals surface area (Å²) in [4.78, 5) is 26.7. The molecular weight excluding hydrogens is 372 g/mol. The van der Waals surface area contributed by atoms with E-state index in [2.05, 4.69) is 5.32 Å². The SMILES string of the molecule is COc1cccc(CCNC(=O)C2CC(=O)N(c3ccc4c(c3)OCCO4)C2)c1. The van der Waals surface area contributed by atoms with Gasteiger partial charge >= 0.3 is 0 Å². The van der Waals surface area contributed by atoms with E-state index in [1.165, 1.54) is 0 Å². The molecule has 29 heavy (non-hydrogen) atoms. The van der Waals surface area contributed by atoms with Crippen molar-refractivity contribution in [3.63, 3.8) is 0 Å².